The summed E-state index contributed by atoms with van der Waals surface area (Å²) in [6, 6.07) is 14.5. The molecule has 1 atom stereocenters. The van der Waals surface area contributed by atoms with Crippen LogP contribution in [0.1, 0.15) is 11.7 Å². The molecule has 112 valence electrons. The van der Waals surface area contributed by atoms with Gasteiger partial charge < -0.3 is 5.11 Å². The van der Waals surface area contributed by atoms with Crippen molar-refractivity contribution in [2.45, 2.75) is 12.6 Å². The number of aliphatic hydroxyl groups excluding tert-OH is 1. The van der Waals surface area contributed by atoms with E-state index in [0.29, 0.717) is 15.9 Å². The van der Waals surface area contributed by atoms with Crippen LogP contribution in [0.4, 0.5) is 0 Å². The Morgan fingerprint density at radius 2 is 1.82 bits per heavy atom. The SMILES string of the molecule is OC(Cn1ncnc1-c1ccc(Cl)cc1)c1cccc(Cl)c1. The second-order valence-electron chi connectivity index (χ2n) is 4.84. The molecule has 0 spiro atoms. The lowest BCUT2D eigenvalue weighted by Gasteiger charge is -2.13. The molecule has 2 aromatic carbocycles. The monoisotopic (exact) mass is 333 g/mol. The molecule has 1 N–H and O–H groups in total. The first kappa shape index (κ1) is 15.0. The van der Waals surface area contributed by atoms with Crippen LogP contribution < -0.4 is 0 Å². The van der Waals surface area contributed by atoms with E-state index in [1.807, 2.05) is 24.3 Å². The fourth-order valence-corrected chi connectivity index (χ4v) is 2.53. The Kier molecular flexibility index (Phi) is 4.43. The standard InChI is InChI=1S/C16H13Cl2N3O/c17-13-6-4-11(5-7-13)16-19-10-20-21(16)9-15(22)12-2-1-3-14(18)8-12/h1-8,10,15,22H,9H2. The third-order valence-corrected chi connectivity index (χ3v) is 3.78. The molecule has 22 heavy (non-hydrogen) atoms. The van der Waals surface area contributed by atoms with Gasteiger partial charge in [-0.1, -0.05) is 35.3 Å². The molecular weight excluding hydrogens is 321 g/mol. The Morgan fingerprint density at radius 1 is 1.05 bits per heavy atom. The molecule has 0 aliphatic carbocycles. The molecule has 0 saturated carbocycles. The van der Waals surface area contributed by atoms with Crippen LogP contribution in [-0.4, -0.2) is 19.9 Å². The number of aliphatic hydroxyl groups is 1. The van der Waals surface area contributed by atoms with Gasteiger partial charge in [-0.05, 0) is 42.0 Å². The zero-order valence-electron chi connectivity index (χ0n) is 11.5. The molecular formula is C16H13Cl2N3O. The van der Waals surface area contributed by atoms with Gasteiger partial charge in [-0.25, -0.2) is 9.67 Å². The van der Waals surface area contributed by atoms with Crippen LogP contribution in [0.3, 0.4) is 0 Å². The van der Waals surface area contributed by atoms with Gasteiger partial charge in [0.2, 0.25) is 0 Å². The second kappa shape index (κ2) is 6.48. The van der Waals surface area contributed by atoms with E-state index >= 15 is 0 Å². The molecule has 0 fully saturated rings. The average Bonchev–Trinajstić information content (AvgIpc) is 2.96. The number of rotatable bonds is 4. The van der Waals surface area contributed by atoms with Gasteiger partial charge in [0.15, 0.2) is 5.82 Å². The van der Waals surface area contributed by atoms with Crippen LogP contribution in [-0.2, 0) is 6.54 Å². The van der Waals surface area contributed by atoms with Crippen molar-refractivity contribution in [3.63, 3.8) is 0 Å². The Labute approximate surface area is 138 Å². The average molecular weight is 334 g/mol. The van der Waals surface area contributed by atoms with Gasteiger partial charge in [0.1, 0.15) is 6.33 Å². The number of aromatic nitrogens is 3. The number of nitrogens with zero attached hydrogens (tertiary/aromatic N) is 3. The predicted molar refractivity (Wildman–Crippen MR) is 86.9 cm³/mol. The first-order valence-electron chi connectivity index (χ1n) is 6.71. The van der Waals surface area contributed by atoms with Gasteiger partial charge in [0.25, 0.3) is 0 Å². The number of benzene rings is 2. The number of hydrogen-bond acceptors (Lipinski definition) is 3. The van der Waals surface area contributed by atoms with Crippen LogP contribution in [0.15, 0.2) is 54.9 Å². The zero-order valence-corrected chi connectivity index (χ0v) is 13.0. The molecule has 1 unspecified atom stereocenters. The third kappa shape index (κ3) is 3.30. The molecule has 1 heterocycles. The minimum atomic E-state index is -0.716. The summed E-state index contributed by atoms with van der Waals surface area (Å²) < 4.78 is 1.66. The van der Waals surface area contributed by atoms with Crippen molar-refractivity contribution in [1.29, 1.82) is 0 Å². The number of halogens is 2. The first-order chi connectivity index (χ1) is 10.6. The molecule has 4 nitrogen and oxygen atoms in total. The van der Waals surface area contributed by atoms with E-state index in [1.54, 1.807) is 28.9 Å². The molecule has 3 rings (SSSR count). The summed E-state index contributed by atoms with van der Waals surface area (Å²) in [5.74, 6) is 0.678. The Morgan fingerprint density at radius 3 is 2.55 bits per heavy atom. The highest BCUT2D eigenvalue weighted by Gasteiger charge is 2.13. The van der Waals surface area contributed by atoms with Gasteiger partial charge >= 0.3 is 0 Å². The lowest BCUT2D eigenvalue weighted by molar-refractivity contribution is 0.152. The smallest absolute Gasteiger partial charge is 0.158 e. The van der Waals surface area contributed by atoms with Crippen LogP contribution >= 0.6 is 23.2 Å². The predicted octanol–water partition coefficient (Wildman–Crippen LogP) is 3.99. The topological polar surface area (TPSA) is 50.9 Å². The van der Waals surface area contributed by atoms with Crippen molar-refractivity contribution in [3.05, 3.63) is 70.5 Å². The molecule has 6 heteroatoms. The second-order valence-corrected chi connectivity index (χ2v) is 5.72. The lowest BCUT2D eigenvalue weighted by atomic mass is 10.1. The van der Waals surface area contributed by atoms with E-state index in [9.17, 15) is 5.11 Å². The van der Waals surface area contributed by atoms with Crippen molar-refractivity contribution < 1.29 is 5.11 Å². The first-order valence-corrected chi connectivity index (χ1v) is 7.46. The van der Waals surface area contributed by atoms with Crippen molar-refractivity contribution in [2.24, 2.45) is 0 Å². The van der Waals surface area contributed by atoms with Crippen LogP contribution in [0, 0.1) is 0 Å². The lowest BCUT2D eigenvalue weighted by Crippen LogP contribution is -2.11. The summed E-state index contributed by atoms with van der Waals surface area (Å²) in [6.07, 6.45) is 0.751. The summed E-state index contributed by atoms with van der Waals surface area (Å²) in [5.41, 5.74) is 1.63. The van der Waals surface area contributed by atoms with Gasteiger partial charge in [0.05, 0.1) is 12.6 Å². The maximum absolute atomic E-state index is 10.4. The van der Waals surface area contributed by atoms with E-state index in [0.717, 1.165) is 11.1 Å². The normalized spacial score (nSPS) is 12.3. The maximum atomic E-state index is 10.4. The van der Waals surface area contributed by atoms with E-state index in [1.165, 1.54) is 6.33 Å². The Bertz CT molecular complexity index is 771. The third-order valence-electron chi connectivity index (χ3n) is 3.30. The highest BCUT2D eigenvalue weighted by atomic mass is 35.5. The molecule has 1 aromatic heterocycles. The molecule has 3 aromatic rings. The van der Waals surface area contributed by atoms with Crippen molar-refractivity contribution in [1.82, 2.24) is 14.8 Å². The summed E-state index contributed by atoms with van der Waals surface area (Å²) in [6.45, 7) is 0.290. The largest absolute Gasteiger partial charge is 0.386 e. The molecule has 0 bridgehead atoms. The molecule has 0 aliphatic heterocycles. The van der Waals surface area contributed by atoms with Crippen LogP contribution in [0.25, 0.3) is 11.4 Å². The van der Waals surface area contributed by atoms with Gasteiger partial charge in [-0.3, -0.25) is 0 Å². The maximum Gasteiger partial charge on any atom is 0.158 e. The number of hydrogen-bond donors (Lipinski definition) is 1. The summed E-state index contributed by atoms with van der Waals surface area (Å²) in [7, 11) is 0. The van der Waals surface area contributed by atoms with Gasteiger partial charge in [-0.15, -0.1) is 0 Å². The Hall–Kier alpha value is -1.88. The van der Waals surface area contributed by atoms with E-state index in [2.05, 4.69) is 10.1 Å². The highest BCUT2D eigenvalue weighted by Crippen LogP contribution is 2.23. The van der Waals surface area contributed by atoms with Gasteiger partial charge in [-0.2, -0.15) is 5.10 Å². The minimum absolute atomic E-state index is 0.290. The quantitative estimate of drug-likeness (QED) is 0.785. The summed E-state index contributed by atoms with van der Waals surface area (Å²) >= 11 is 11.9. The van der Waals surface area contributed by atoms with E-state index in [4.69, 9.17) is 23.2 Å². The van der Waals surface area contributed by atoms with Gasteiger partial charge in [0, 0.05) is 15.6 Å². The van der Waals surface area contributed by atoms with Crippen LogP contribution in [0.2, 0.25) is 10.0 Å². The highest BCUT2D eigenvalue weighted by molar-refractivity contribution is 6.30. The van der Waals surface area contributed by atoms with Crippen molar-refractivity contribution >= 4 is 23.2 Å². The minimum Gasteiger partial charge on any atom is -0.386 e. The Balaban J connectivity index is 1.84. The van der Waals surface area contributed by atoms with Crippen molar-refractivity contribution in [2.75, 3.05) is 0 Å². The zero-order chi connectivity index (χ0) is 15.5. The fourth-order valence-electron chi connectivity index (χ4n) is 2.20. The molecule has 0 saturated heterocycles. The summed E-state index contributed by atoms with van der Waals surface area (Å²) in [4.78, 5) is 4.25. The molecule has 0 aliphatic rings. The van der Waals surface area contributed by atoms with Crippen molar-refractivity contribution in [3.8, 4) is 11.4 Å². The molecule has 0 radical (unpaired) electrons. The van der Waals surface area contributed by atoms with E-state index in [-0.39, 0.29) is 6.54 Å². The van der Waals surface area contributed by atoms with E-state index < -0.39 is 6.10 Å². The summed E-state index contributed by atoms with van der Waals surface area (Å²) in [5, 5.41) is 15.8. The van der Waals surface area contributed by atoms with Crippen LogP contribution in [0.5, 0.6) is 0 Å². The molecule has 0 amide bonds. The fraction of sp³-hybridized carbons (Fsp3) is 0.125.